The summed E-state index contributed by atoms with van der Waals surface area (Å²) in [5.74, 6) is -0.0601. The first-order chi connectivity index (χ1) is 15.0. The van der Waals surface area contributed by atoms with E-state index >= 15 is 0 Å². The van der Waals surface area contributed by atoms with Gasteiger partial charge in [0.2, 0.25) is 5.91 Å². The van der Waals surface area contributed by atoms with Crippen LogP contribution in [0.4, 0.5) is 5.69 Å². The Kier molecular flexibility index (Phi) is 7.17. The molecule has 5 nitrogen and oxygen atoms in total. The number of nitrogens with one attached hydrogen (secondary N) is 1. The summed E-state index contributed by atoms with van der Waals surface area (Å²) in [5, 5.41) is 5.87. The Morgan fingerprint density at radius 2 is 1.87 bits per heavy atom. The Labute approximate surface area is 196 Å². The minimum absolute atomic E-state index is 0.0601. The fraction of sp³-hybridized carbons (Fsp3) is 0.333. The Hall–Kier alpha value is -2.06. The number of thiazole rings is 1. The van der Waals surface area contributed by atoms with Gasteiger partial charge < -0.3 is 10.2 Å². The van der Waals surface area contributed by atoms with Crippen LogP contribution in [0.2, 0.25) is 0 Å². The van der Waals surface area contributed by atoms with Crippen LogP contribution in [0.15, 0.2) is 52.3 Å². The van der Waals surface area contributed by atoms with Crippen molar-refractivity contribution in [1.29, 1.82) is 0 Å². The number of anilines is 1. The molecule has 2 aromatic carbocycles. The molecule has 4 rings (SSSR count). The van der Waals surface area contributed by atoms with E-state index in [-0.39, 0.29) is 12.3 Å². The summed E-state index contributed by atoms with van der Waals surface area (Å²) in [6, 6.07) is 14.5. The average molecular weight is 499 g/mol. The number of aromatic nitrogens is 1. The molecule has 0 atom stereocenters. The lowest BCUT2D eigenvalue weighted by Crippen LogP contribution is -2.43. The van der Waals surface area contributed by atoms with Crippen molar-refractivity contribution >= 4 is 38.9 Å². The molecule has 1 aromatic heterocycles. The largest absolute Gasteiger partial charge is 0.326 e. The molecule has 0 bridgehead atoms. The average Bonchev–Trinajstić information content (AvgIpc) is 3.21. The number of amides is 1. The standard InChI is InChI=1S/C24H27BrN4OS/c1-17-3-8-20(13-22(17)25)26-23(30)14-21-16-31-24(27-21)19-6-4-18(5-7-19)15-29-11-9-28(2)10-12-29/h3-8,13,16H,9-12,14-15H2,1-2H3,(H,26,30). The molecule has 7 heteroatoms. The molecule has 0 spiro atoms. The van der Waals surface area contributed by atoms with Crippen molar-refractivity contribution in [3.05, 3.63) is 69.1 Å². The summed E-state index contributed by atoms with van der Waals surface area (Å²) in [5.41, 5.74) is 5.14. The van der Waals surface area contributed by atoms with Crippen LogP contribution in [0.3, 0.4) is 0 Å². The van der Waals surface area contributed by atoms with Gasteiger partial charge in [0, 0.05) is 53.8 Å². The second-order valence-corrected chi connectivity index (χ2v) is 9.82. The number of benzene rings is 2. The van der Waals surface area contributed by atoms with Gasteiger partial charge in [-0.1, -0.05) is 46.3 Å². The van der Waals surface area contributed by atoms with E-state index in [4.69, 9.17) is 0 Å². The summed E-state index contributed by atoms with van der Waals surface area (Å²) >= 11 is 5.08. The molecule has 1 aliphatic rings. The molecule has 1 saturated heterocycles. The van der Waals surface area contributed by atoms with E-state index in [1.54, 1.807) is 11.3 Å². The van der Waals surface area contributed by atoms with Crippen molar-refractivity contribution in [2.45, 2.75) is 19.9 Å². The number of hydrogen-bond acceptors (Lipinski definition) is 5. The Morgan fingerprint density at radius 1 is 1.13 bits per heavy atom. The van der Waals surface area contributed by atoms with E-state index in [1.807, 2.05) is 30.5 Å². The number of carbonyl (C=O) groups is 1. The molecule has 162 valence electrons. The number of halogens is 1. The molecule has 1 fully saturated rings. The van der Waals surface area contributed by atoms with Gasteiger partial charge in [0.25, 0.3) is 0 Å². The van der Waals surface area contributed by atoms with Gasteiger partial charge in [0.15, 0.2) is 0 Å². The molecular formula is C24H27BrN4OS. The molecule has 0 unspecified atom stereocenters. The number of hydrogen-bond donors (Lipinski definition) is 1. The Bertz CT molecular complexity index is 1040. The Balaban J connectivity index is 1.33. The molecule has 0 aliphatic carbocycles. The quantitative estimate of drug-likeness (QED) is 0.529. The maximum atomic E-state index is 12.4. The molecule has 0 saturated carbocycles. The van der Waals surface area contributed by atoms with E-state index in [2.05, 4.69) is 67.3 Å². The number of rotatable bonds is 6. The summed E-state index contributed by atoms with van der Waals surface area (Å²) in [4.78, 5) is 22.0. The topological polar surface area (TPSA) is 48.5 Å². The second kappa shape index (κ2) is 10.0. The maximum Gasteiger partial charge on any atom is 0.230 e. The van der Waals surface area contributed by atoms with Crippen LogP contribution in [0.1, 0.15) is 16.8 Å². The van der Waals surface area contributed by atoms with Crippen LogP contribution < -0.4 is 5.32 Å². The van der Waals surface area contributed by atoms with Gasteiger partial charge in [0.05, 0.1) is 12.1 Å². The van der Waals surface area contributed by atoms with Crippen LogP contribution in [0, 0.1) is 6.92 Å². The van der Waals surface area contributed by atoms with E-state index in [9.17, 15) is 4.79 Å². The van der Waals surface area contributed by atoms with Gasteiger partial charge in [-0.3, -0.25) is 9.69 Å². The first-order valence-corrected chi connectivity index (χ1v) is 12.1. The molecule has 31 heavy (non-hydrogen) atoms. The zero-order chi connectivity index (χ0) is 21.8. The van der Waals surface area contributed by atoms with E-state index in [1.165, 1.54) is 5.56 Å². The van der Waals surface area contributed by atoms with Crippen LogP contribution >= 0.6 is 27.3 Å². The van der Waals surface area contributed by atoms with Crippen molar-refractivity contribution in [3.8, 4) is 10.6 Å². The highest BCUT2D eigenvalue weighted by Crippen LogP contribution is 2.25. The predicted octanol–water partition coefficient (Wildman–Crippen LogP) is 4.81. The molecular weight excluding hydrogens is 472 g/mol. The van der Waals surface area contributed by atoms with Crippen LogP contribution in [0.25, 0.3) is 10.6 Å². The number of nitrogens with zero attached hydrogens (tertiary/aromatic N) is 3. The fourth-order valence-electron chi connectivity index (χ4n) is 3.58. The third kappa shape index (κ3) is 6.01. The van der Waals surface area contributed by atoms with Crippen molar-refractivity contribution in [2.24, 2.45) is 0 Å². The van der Waals surface area contributed by atoms with E-state index < -0.39 is 0 Å². The zero-order valence-corrected chi connectivity index (χ0v) is 20.3. The summed E-state index contributed by atoms with van der Waals surface area (Å²) in [6.45, 7) is 7.52. The summed E-state index contributed by atoms with van der Waals surface area (Å²) in [6.07, 6.45) is 0.267. The molecule has 1 aliphatic heterocycles. The smallest absolute Gasteiger partial charge is 0.230 e. The number of piperazine rings is 1. The lowest BCUT2D eigenvalue weighted by molar-refractivity contribution is -0.115. The first kappa shape index (κ1) is 22.1. The first-order valence-electron chi connectivity index (χ1n) is 10.5. The van der Waals surface area contributed by atoms with Gasteiger partial charge in [0.1, 0.15) is 5.01 Å². The molecule has 2 heterocycles. The minimum Gasteiger partial charge on any atom is -0.326 e. The van der Waals surface area contributed by atoms with Crippen molar-refractivity contribution in [2.75, 3.05) is 38.5 Å². The maximum absolute atomic E-state index is 12.4. The third-order valence-electron chi connectivity index (χ3n) is 5.55. The van der Waals surface area contributed by atoms with Gasteiger partial charge >= 0.3 is 0 Å². The van der Waals surface area contributed by atoms with Gasteiger partial charge in [-0.05, 0) is 37.2 Å². The highest BCUT2D eigenvalue weighted by atomic mass is 79.9. The number of likely N-dealkylation sites (N-methyl/N-ethyl adjacent to an activating group) is 1. The summed E-state index contributed by atoms with van der Waals surface area (Å²) in [7, 11) is 2.18. The normalized spacial score (nSPS) is 15.2. The van der Waals surface area contributed by atoms with Gasteiger partial charge in [-0.2, -0.15) is 0 Å². The van der Waals surface area contributed by atoms with Gasteiger partial charge in [-0.25, -0.2) is 4.98 Å². The van der Waals surface area contributed by atoms with Crippen LogP contribution in [-0.2, 0) is 17.8 Å². The van der Waals surface area contributed by atoms with E-state index in [0.717, 1.165) is 64.7 Å². The Morgan fingerprint density at radius 3 is 2.58 bits per heavy atom. The lowest BCUT2D eigenvalue weighted by atomic mass is 10.1. The minimum atomic E-state index is -0.0601. The SMILES string of the molecule is Cc1ccc(NC(=O)Cc2csc(-c3ccc(CN4CCN(C)CC4)cc3)n2)cc1Br. The van der Waals surface area contributed by atoms with E-state index in [0.29, 0.717) is 0 Å². The molecule has 3 aromatic rings. The van der Waals surface area contributed by atoms with Crippen LogP contribution in [0.5, 0.6) is 0 Å². The van der Waals surface area contributed by atoms with Crippen molar-refractivity contribution < 1.29 is 4.79 Å². The fourth-order valence-corrected chi connectivity index (χ4v) is 4.78. The van der Waals surface area contributed by atoms with Crippen LogP contribution in [-0.4, -0.2) is 53.9 Å². The lowest BCUT2D eigenvalue weighted by Gasteiger charge is -2.32. The summed E-state index contributed by atoms with van der Waals surface area (Å²) < 4.78 is 0.984. The second-order valence-electron chi connectivity index (χ2n) is 8.11. The predicted molar refractivity (Wildman–Crippen MR) is 132 cm³/mol. The highest BCUT2D eigenvalue weighted by molar-refractivity contribution is 9.10. The third-order valence-corrected chi connectivity index (χ3v) is 7.35. The highest BCUT2D eigenvalue weighted by Gasteiger charge is 2.14. The van der Waals surface area contributed by atoms with Crippen molar-refractivity contribution in [3.63, 3.8) is 0 Å². The molecule has 0 radical (unpaired) electrons. The zero-order valence-electron chi connectivity index (χ0n) is 17.9. The van der Waals surface area contributed by atoms with Crippen molar-refractivity contribution in [1.82, 2.24) is 14.8 Å². The molecule has 1 N–H and O–H groups in total. The molecule has 1 amide bonds. The monoisotopic (exact) mass is 498 g/mol. The number of carbonyl (C=O) groups excluding carboxylic acids is 1. The number of aryl methyl sites for hydroxylation is 1. The van der Waals surface area contributed by atoms with Gasteiger partial charge in [-0.15, -0.1) is 11.3 Å².